The number of hydrogen-bond donors (Lipinski definition) is 1. The summed E-state index contributed by atoms with van der Waals surface area (Å²) in [6, 6.07) is 8.04. The molecule has 0 bridgehead atoms. The number of aliphatic carboxylic acids is 1. The number of likely N-dealkylation sites (tertiary alicyclic amines) is 1. The number of benzene rings is 1. The maximum Gasteiger partial charge on any atom is 0.311 e. The molecule has 1 N–H and O–H groups in total. The van der Waals surface area contributed by atoms with Crippen LogP contribution in [0.25, 0.3) is 0 Å². The minimum absolute atomic E-state index is 0.0510. The topological polar surface area (TPSA) is 76.1 Å². The minimum atomic E-state index is -0.869. The Morgan fingerprint density at radius 1 is 1.11 bits per heavy atom. The van der Waals surface area contributed by atoms with Crippen LogP contribution in [0.4, 0.5) is 0 Å². The Balaban J connectivity index is 1.69. The van der Waals surface area contributed by atoms with Crippen LogP contribution in [0.15, 0.2) is 24.3 Å². The molecule has 3 fully saturated rings. The average Bonchev–Trinajstić information content (AvgIpc) is 3.09. The molecule has 146 valence electrons. The zero-order valence-corrected chi connectivity index (χ0v) is 15.8. The van der Waals surface area contributed by atoms with Crippen molar-refractivity contribution in [2.24, 2.45) is 11.3 Å². The maximum absolute atomic E-state index is 13.8. The molecule has 0 spiro atoms. The Morgan fingerprint density at radius 2 is 1.81 bits per heavy atom. The Morgan fingerprint density at radius 3 is 2.48 bits per heavy atom. The summed E-state index contributed by atoms with van der Waals surface area (Å²) in [5.74, 6) is -0.889. The number of carboxylic acid groups (broad SMARTS) is 1. The van der Waals surface area contributed by atoms with Gasteiger partial charge in [0.15, 0.2) is 0 Å². The number of carboxylic acids is 1. The van der Waals surface area contributed by atoms with Gasteiger partial charge >= 0.3 is 5.97 Å². The van der Waals surface area contributed by atoms with E-state index in [4.69, 9.17) is 9.47 Å². The van der Waals surface area contributed by atoms with Crippen LogP contribution in [0.5, 0.6) is 0 Å². The summed E-state index contributed by atoms with van der Waals surface area (Å²) in [5, 5.41) is 9.92. The zero-order valence-electron chi connectivity index (χ0n) is 15.8. The number of rotatable bonds is 3. The second kappa shape index (κ2) is 6.91. The highest BCUT2D eigenvalue weighted by atomic mass is 16.5. The van der Waals surface area contributed by atoms with Crippen LogP contribution in [0.3, 0.4) is 0 Å². The molecule has 3 aliphatic heterocycles. The van der Waals surface area contributed by atoms with Crippen LogP contribution < -0.4 is 0 Å². The molecule has 3 saturated heterocycles. The Bertz CT molecular complexity index is 742. The predicted molar refractivity (Wildman–Crippen MR) is 98.5 cm³/mol. The largest absolute Gasteiger partial charge is 0.481 e. The first-order chi connectivity index (χ1) is 13.0. The number of carbonyl (C=O) groups is 2. The van der Waals surface area contributed by atoms with Crippen LogP contribution in [0.1, 0.15) is 30.4 Å². The van der Waals surface area contributed by atoms with Crippen LogP contribution in [-0.4, -0.2) is 61.4 Å². The lowest BCUT2D eigenvalue weighted by Crippen LogP contribution is -2.50. The van der Waals surface area contributed by atoms with Gasteiger partial charge in [0.05, 0.1) is 17.4 Å². The molecule has 27 heavy (non-hydrogen) atoms. The van der Waals surface area contributed by atoms with Crippen molar-refractivity contribution >= 4 is 11.9 Å². The smallest absolute Gasteiger partial charge is 0.311 e. The van der Waals surface area contributed by atoms with E-state index in [0.717, 1.165) is 11.1 Å². The SMILES string of the molecule is Cc1ccccc1C1(C(=O)N2C[C@H]3COCC[C@@]3(C(=O)O)C2)CCOCC1. The Labute approximate surface area is 159 Å². The molecule has 0 aliphatic carbocycles. The van der Waals surface area contributed by atoms with E-state index >= 15 is 0 Å². The van der Waals surface area contributed by atoms with Crippen LogP contribution in [0.2, 0.25) is 0 Å². The van der Waals surface area contributed by atoms with Crippen molar-refractivity contribution < 1.29 is 24.2 Å². The fraction of sp³-hybridized carbons (Fsp3) is 0.619. The van der Waals surface area contributed by atoms with E-state index < -0.39 is 16.8 Å². The summed E-state index contributed by atoms with van der Waals surface area (Å²) in [6.45, 7) is 4.73. The van der Waals surface area contributed by atoms with Gasteiger partial charge in [-0.3, -0.25) is 9.59 Å². The highest BCUT2D eigenvalue weighted by Crippen LogP contribution is 2.46. The van der Waals surface area contributed by atoms with Crippen molar-refractivity contribution in [3.63, 3.8) is 0 Å². The van der Waals surface area contributed by atoms with Crippen molar-refractivity contribution in [2.75, 3.05) is 39.5 Å². The number of nitrogens with zero attached hydrogens (tertiary/aromatic N) is 1. The van der Waals surface area contributed by atoms with Gasteiger partial charge in [0.2, 0.25) is 5.91 Å². The first-order valence-electron chi connectivity index (χ1n) is 9.74. The summed E-state index contributed by atoms with van der Waals surface area (Å²) in [6.07, 6.45) is 1.74. The van der Waals surface area contributed by atoms with Crippen molar-refractivity contribution in [3.05, 3.63) is 35.4 Å². The predicted octanol–water partition coefficient (Wildman–Crippen LogP) is 1.99. The number of hydrogen-bond acceptors (Lipinski definition) is 4. The molecule has 3 aliphatic rings. The third kappa shape index (κ3) is 2.86. The minimum Gasteiger partial charge on any atom is -0.481 e. The molecule has 4 rings (SSSR count). The highest BCUT2D eigenvalue weighted by Gasteiger charge is 2.57. The lowest BCUT2D eigenvalue weighted by molar-refractivity contribution is -0.157. The fourth-order valence-corrected chi connectivity index (χ4v) is 5.18. The van der Waals surface area contributed by atoms with Crippen molar-refractivity contribution in [1.29, 1.82) is 0 Å². The third-order valence-electron chi connectivity index (χ3n) is 6.84. The van der Waals surface area contributed by atoms with Gasteiger partial charge in [-0.05, 0) is 37.3 Å². The van der Waals surface area contributed by atoms with E-state index in [1.165, 1.54) is 0 Å². The van der Waals surface area contributed by atoms with E-state index in [1.807, 2.05) is 31.2 Å². The van der Waals surface area contributed by atoms with E-state index in [9.17, 15) is 14.7 Å². The summed E-state index contributed by atoms with van der Waals surface area (Å²) in [7, 11) is 0. The molecule has 2 atom stereocenters. The molecule has 6 heteroatoms. The Kier molecular flexibility index (Phi) is 4.72. The number of fused-ring (bicyclic) bond motifs is 1. The molecule has 1 aromatic rings. The van der Waals surface area contributed by atoms with Crippen molar-refractivity contribution in [1.82, 2.24) is 4.90 Å². The standard InChI is InChI=1S/C21H27NO5/c1-15-4-2-3-5-17(15)20(6-9-26-10-7-20)18(23)22-12-16-13-27-11-8-21(16,14-22)19(24)25/h2-5,16H,6-14H2,1H3,(H,24,25)/t16-,21+/m0/s1. The van der Waals surface area contributed by atoms with Gasteiger partial charge in [-0.2, -0.15) is 0 Å². The molecule has 1 aromatic carbocycles. The van der Waals surface area contributed by atoms with Crippen LogP contribution in [-0.2, 0) is 24.5 Å². The molecule has 0 unspecified atom stereocenters. The highest BCUT2D eigenvalue weighted by molar-refractivity contribution is 5.90. The molecule has 0 saturated carbocycles. The number of amides is 1. The van der Waals surface area contributed by atoms with Gasteiger partial charge in [-0.1, -0.05) is 24.3 Å². The number of carbonyl (C=O) groups excluding carboxylic acids is 1. The molecule has 6 nitrogen and oxygen atoms in total. The second-order valence-electron chi connectivity index (χ2n) is 8.18. The van der Waals surface area contributed by atoms with E-state index in [2.05, 4.69) is 0 Å². The number of aryl methyl sites for hydroxylation is 1. The summed E-state index contributed by atoms with van der Waals surface area (Å²) in [4.78, 5) is 27.7. The summed E-state index contributed by atoms with van der Waals surface area (Å²) < 4.78 is 11.1. The number of ether oxygens (including phenoxy) is 2. The van der Waals surface area contributed by atoms with Crippen molar-refractivity contribution in [3.8, 4) is 0 Å². The third-order valence-corrected chi connectivity index (χ3v) is 6.84. The quantitative estimate of drug-likeness (QED) is 0.877. The first-order valence-corrected chi connectivity index (χ1v) is 9.74. The van der Waals surface area contributed by atoms with Gasteiger partial charge in [-0.15, -0.1) is 0 Å². The summed E-state index contributed by atoms with van der Waals surface area (Å²) >= 11 is 0. The summed E-state index contributed by atoms with van der Waals surface area (Å²) in [5.41, 5.74) is 0.651. The second-order valence-corrected chi connectivity index (χ2v) is 8.18. The van der Waals surface area contributed by atoms with Gasteiger partial charge in [0, 0.05) is 38.8 Å². The average molecular weight is 373 g/mol. The van der Waals surface area contributed by atoms with Gasteiger partial charge in [-0.25, -0.2) is 0 Å². The monoisotopic (exact) mass is 373 g/mol. The van der Waals surface area contributed by atoms with Crippen LogP contribution >= 0.6 is 0 Å². The molecule has 0 aromatic heterocycles. The van der Waals surface area contributed by atoms with Gasteiger partial charge < -0.3 is 19.5 Å². The van der Waals surface area contributed by atoms with Crippen LogP contribution in [0, 0.1) is 18.3 Å². The van der Waals surface area contributed by atoms with E-state index in [1.54, 1.807) is 4.90 Å². The van der Waals surface area contributed by atoms with Gasteiger partial charge in [0.25, 0.3) is 0 Å². The maximum atomic E-state index is 13.8. The lowest BCUT2D eigenvalue weighted by atomic mass is 9.71. The van der Waals surface area contributed by atoms with Gasteiger partial charge in [0.1, 0.15) is 0 Å². The molecule has 0 radical (unpaired) electrons. The molecular formula is C21H27NO5. The Hall–Kier alpha value is -1.92. The van der Waals surface area contributed by atoms with Crippen molar-refractivity contribution in [2.45, 2.75) is 31.6 Å². The molecule has 3 heterocycles. The fourth-order valence-electron chi connectivity index (χ4n) is 5.18. The molecule has 1 amide bonds. The molecular weight excluding hydrogens is 346 g/mol. The normalized spacial score (nSPS) is 30.0. The zero-order chi connectivity index (χ0) is 19.1. The van der Waals surface area contributed by atoms with E-state index in [0.29, 0.717) is 52.2 Å². The van der Waals surface area contributed by atoms with E-state index in [-0.39, 0.29) is 18.4 Å². The lowest BCUT2D eigenvalue weighted by Gasteiger charge is -2.40. The first kappa shape index (κ1) is 18.4.